The van der Waals surface area contributed by atoms with Crippen LogP contribution in [0.2, 0.25) is 0 Å². The Morgan fingerprint density at radius 2 is 2.00 bits per heavy atom. The van der Waals surface area contributed by atoms with Gasteiger partial charge in [0.15, 0.2) is 0 Å². The zero-order valence-electron chi connectivity index (χ0n) is 9.75. The monoisotopic (exact) mass is 299 g/mol. The van der Waals surface area contributed by atoms with Gasteiger partial charge < -0.3 is 4.90 Å². The maximum atomic E-state index is 13.2. The second-order valence-electron chi connectivity index (χ2n) is 4.48. The number of hydrogen-bond acceptors (Lipinski definition) is 1. The van der Waals surface area contributed by atoms with Crippen LogP contribution in [0.25, 0.3) is 0 Å². The number of aryl methyl sites for hydroxylation is 1. The number of benzene rings is 1. The van der Waals surface area contributed by atoms with Crippen molar-refractivity contribution in [2.75, 3.05) is 13.1 Å². The van der Waals surface area contributed by atoms with Crippen molar-refractivity contribution < 1.29 is 9.18 Å². The minimum absolute atomic E-state index is 0.0630. The van der Waals surface area contributed by atoms with Crippen molar-refractivity contribution in [3.63, 3.8) is 0 Å². The van der Waals surface area contributed by atoms with Gasteiger partial charge in [0.1, 0.15) is 5.82 Å². The van der Waals surface area contributed by atoms with Crippen LogP contribution in [0.5, 0.6) is 0 Å². The summed E-state index contributed by atoms with van der Waals surface area (Å²) in [6.45, 7) is 3.28. The van der Waals surface area contributed by atoms with Crippen molar-refractivity contribution in [1.29, 1.82) is 0 Å². The first-order valence-electron chi connectivity index (χ1n) is 5.77. The van der Waals surface area contributed by atoms with Gasteiger partial charge in [-0.15, -0.1) is 0 Å². The standard InChI is InChI=1S/C13H15BrFNO/c1-9-6-10(8-12(15)7-9)13(17)16-4-2-11(14)3-5-16/h6-8,11H,2-5H2,1H3. The molecule has 4 heteroatoms. The lowest BCUT2D eigenvalue weighted by Gasteiger charge is -2.29. The summed E-state index contributed by atoms with van der Waals surface area (Å²) in [6, 6.07) is 4.49. The van der Waals surface area contributed by atoms with Crippen LogP contribution >= 0.6 is 15.9 Å². The second kappa shape index (κ2) is 5.17. The van der Waals surface area contributed by atoms with Gasteiger partial charge in [-0.05, 0) is 43.5 Å². The van der Waals surface area contributed by atoms with Crippen molar-refractivity contribution in [2.24, 2.45) is 0 Å². The van der Waals surface area contributed by atoms with E-state index in [-0.39, 0.29) is 11.7 Å². The highest BCUT2D eigenvalue weighted by atomic mass is 79.9. The number of piperidine rings is 1. The normalized spacial score (nSPS) is 17.2. The molecule has 1 amide bonds. The highest BCUT2D eigenvalue weighted by molar-refractivity contribution is 9.09. The molecule has 0 unspecified atom stereocenters. The van der Waals surface area contributed by atoms with E-state index in [9.17, 15) is 9.18 Å². The number of amides is 1. The Bertz CT molecular complexity index is 407. The minimum atomic E-state index is -0.344. The summed E-state index contributed by atoms with van der Waals surface area (Å²) in [5.41, 5.74) is 1.24. The Morgan fingerprint density at radius 3 is 2.59 bits per heavy atom. The molecule has 17 heavy (non-hydrogen) atoms. The van der Waals surface area contributed by atoms with Gasteiger partial charge in [-0.2, -0.15) is 0 Å². The number of carbonyl (C=O) groups is 1. The maximum absolute atomic E-state index is 13.2. The Hall–Kier alpha value is -0.900. The van der Waals surface area contributed by atoms with E-state index in [1.807, 2.05) is 0 Å². The zero-order valence-corrected chi connectivity index (χ0v) is 11.3. The highest BCUT2D eigenvalue weighted by Gasteiger charge is 2.22. The van der Waals surface area contributed by atoms with E-state index in [0.29, 0.717) is 10.4 Å². The number of hydrogen-bond donors (Lipinski definition) is 0. The molecule has 0 atom stereocenters. The summed E-state index contributed by atoms with van der Waals surface area (Å²) in [7, 11) is 0. The fourth-order valence-electron chi connectivity index (χ4n) is 2.09. The number of likely N-dealkylation sites (tertiary alicyclic amines) is 1. The molecule has 2 rings (SSSR count). The third kappa shape index (κ3) is 3.06. The summed E-state index contributed by atoms with van der Waals surface area (Å²) in [6.07, 6.45) is 1.92. The SMILES string of the molecule is Cc1cc(F)cc(C(=O)N2CCC(Br)CC2)c1. The van der Waals surface area contributed by atoms with Gasteiger partial charge in [0.2, 0.25) is 0 Å². The zero-order chi connectivity index (χ0) is 12.4. The summed E-state index contributed by atoms with van der Waals surface area (Å²) < 4.78 is 13.2. The van der Waals surface area contributed by atoms with E-state index in [0.717, 1.165) is 31.5 Å². The molecule has 0 N–H and O–H groups in total. The van der Waals surface area contributed by atoms with E-state index >= 15 is 0 Å². The molecule has 0 radical (unpaired) electrons. The molecule has 1 aromatic carbocycles. The van der Waals surface area contributed by atoms with Crippen molar-refractivity contribution >= 4 is 21.8 Å². The van der Waals surface area contributed by atoms with E-state index in [4.69, 9.17) is 0 Å². The molecule has 92 valence electrons. The first-order valence-corrected chi connectivity index (χ1v) is 6.68. The third-order valence-electron chi connectivity index (χ3n) is 3.00. The topological polar surface area (TPSA) is 20.3 Å². The molecule has 1 aliphatic rings. The van der Waals surface area contributed by atoms with Crippen LogP contribution in [0.3, 0.4) is 0 Å². The molecule has 1 saturated heterocycles. The number of carbonyl (C=O) groups excluding carboxylic acids is 1. The van der Waals surface area contributed by atoms with Crippen LogP contribution in [0.15, 0.2) is 18.2 Å². The Balaban J connectivity index is 2.14. The average molecular weight is 300 g/mol. The Kier molecular flexibility index (Phi) is 3.82. The highest BCUT2D eigenvalue weighted by Crippen LogP contribution is 2.20. The summed E-state index contributed by atoms with van der Waals surface area (Å²) in [5, 5.41) is 0. The molecule has 0 saturated carbocycles. The van der Waals surface area contributed by atoms with Crippen LogP contribution in [0.1, 0.15) is 28.8 Å². The molecule has 0 bridgehead atoms. The van der Waals surface area contributed by atoms with E-state index in [2.05, 4.69) is 15.9 Å². The molecule has 1 fully saturated rings. The Morgan fingerprint density at radius 1 is 1.35 bits per heavy atom. The van der Waals surface area contributed by atoms with Crippen molar-refractivity contribution in [2.45, 2.75) is 24.6 Å². The molecule has 1 aliphatic heterocycles. The van der Waals surface area contributed by atoms with Gasteiger partial charge in [0.05, 0.1) is 0 Å². The predicted molar refractivity (Wildman–Crippen MR) is 69.0 cm³/mol. The van der Waals surface area contributed by atoms with Crippen molar-refractivity contribution in [1.82, 2.24) is 4.90 Å². The summed E-state index contributed by atoms with van der Waals surface area (Å²) >= 11 is 3.55. The number of halogens is 2. The lowest BCUT2D eigenvalue weighted by Crippen LogP contribution is -2.38. The number of rotatable bonds is 1. The van der Waals surface area contributed by atoms with Crippen LogP contribution in [-0.2, 0) is 0 Å². The van der Waals surface area contributed by atoms with E-state index in [1.54, 1.807) is 17.9 Å². The first kappa shape index (κ1) is 12.6. The lowest BCUT2D eigenvalue weighted by molar-refractivity contribution is 0.0728. The minimum Gasteiger partial charge on any atom is -0.339 e. The van der Waals surface area contributed by atoms with Crippen molar-refractivity contribution in [3.05, 3.63) is 35.1 Å². The van der Waals surface area contributed by atoms with Crippen LogP contribution in [-0.4, -0.2) is 28.7 Å². The second-order valence-corrected chi connectivity index (χ2v) is 5.78. The summed E-state index contributed by atoms with van der Waals surface area (Å²) in [4.78, 5) is 14.5. The summed E-state index contributed by atoms with van der Waals surface area (Å²) in [5.74, 6) is -0.407. The molecular weight excluding hydrogens is 285 g/mol. The molecule has 0 spiro atoms. The average Bonchev–Trinajstić information content (AvgIpc) is 2.28. The quantitative estimate of drug-likeness (QED) is 0.730. The molecule has 1 heterocycles. The van der Waals surface area contributed by atoms with E-state index in [1.165, 1.54) is 12.1 Å². The molecule has 2 nitrogen and oxygen atoms in total. The molecule has 0 aliphatic carbocycles. The lowest BCUT2D eigenvalue weighted by atomic mass is 10.1. The Labute approximate surface area is 109 Å². The fourth-order valence-corrected chi connectivity index (χ4v) is 2.50. The molecular formula is C13H15BrFNO. The largest absolute Gasteiger partial charge is 0.339 e. The van der Waals surface area contributed by atoms with Gasteiger partial charge in [-0.3, -0.25) is 4.79 Å². The van der Waals surface area contributed by atoms with Gasteiger partial charge in [-0.25, -0.2) is 4.39 Å². The van der Waals surface area contributed by atoms with Gasteiger partial charge in [0, 0.05) is 23.5 Å². The van der Waals surface area contributed by atoms with Crippen LogP contribution in [0, 0.1) is 12.7 Å². The van der Waals surface area contributed by atoms with Gasteiger partial charge in [-0.1, -0.05) is 15.9 Å². The smallest absolute Gasteiger partial charge is 0.253 e. The van der Waals surface area contributed by atoms with Gasteiger partial charge >= 0.3 is 0 Å². The molecule has 1 aromatic rings. The van der Waals surface area contributed by atoms with E-state index < -0.39 is 0 Å². The number of nitrogens with zero attached hydrogens (tertiary/aromatic N) is 1. The van der Waals surface area contributed by atoms with Gasteiger partial charge in [0.25, 0.3) is 5.91 Å². The molecule has 0 aromatic heterocycles. The number of alkyl halides is 1. The van der Waals surface area contributed by atoms with Crippen LogP contribution in [0.4, 0.5) is 4.39 Å². The maximum Gasteiger partial charge on any atom is 0.253 e. The third-order valence-corrected chi connectivity index (χ3v) is 3.92. The fraction of sp³-hybridized carbons (Fsp3) is 0.462. The van der Waals surface area contributed by atoms with Crippen molar-refractivity contribution in [3.8, 4) is 0 Å². The van der Waals surface area contributed by atoms with Crippen LogP contribution < -0.4 is 0 Å². The predicted octanol–water partition coefficient (Wildman–Crippen LogP) is 3.13. The first-order chi connectivity index (χ1) is 8.06.